The molecule has 2 heterocycles. The molecule has 1 atom stereocenters. The summed E-state index contributed by atoms with van der Waals surface area (Å²) in [6, 6.07) is 15.7. The van der Waals surface area contributed by atoms with Gasteiger partial charge >= 0.3 is 0 Å². The average molecular weight is 489 g/mol. The van der Waals surface area contributed by atoms with Gasteiger partial charge in [0.15, 0.2) is 16.7 Å². The first-order chi connectivity index (χ1) is 16.4. The highest BCUT2D eigenvalue weighted by atomic mass is 32.2. The zero-order chi connectivity index (χ0) is 23.8. The summed E-state index contributed by atoms with van der Waals surface area (Å²) >= 11 is 2.98. The van der Waals surface area contributed by atoms with Crippen molar-refractivity contribution in [2.75, 3.05) is 5.32 Å². The second-order valence-electron chi connectivity index (χ2n) is 7.93. The first-order valence-electron chi connectivity index (χ1n) is 10.6. The number of ketones is 2. The molecule has 1 aliphatic carbocycles. The molecule has 170 valence electrons. The lowest BCUT2D eigenvalue weighted by Gasteiger charge is -2.18. The molecule has 0 spiro atoms. The molecule has 7 nitrogen and oxygen atoms in total. The van der Waals surface area contributed by atoms with Gasteiger partial charge in [-0.25, -0.2) is 0 Å². The molecule has 9 heteroatoms. The summed E-state index contributed by atoms with van der Waals surface area (Å²) in [6.07, 6.45) is 0.688. The number of rotatable bonds is 6. The third kappa shape index (κ3) is 4.08. The van der Waals surface area contributed by atoms with E-state index in [1.54, 1.807) is 60.7 Å². The van der Waals surface area contributed by atoms with Gasteiger partial charge in [0.1, 0.15) is 5.82 Å². The standard InChI is InChI=1S/C25H20N4O3S2/c1-14(34-25-28-27-21(29(25)2)13-16-6-5-11-33-16)24(32)26-15-9-10-19-20(12-15)23(31)18-8-4-3-7-17(18)22(19)30/h3-12,14H,13H2,1-2H3,(H,26,32)/t14-/m1/s1. The van der Waals surface area contributed by atoms with Gasteiger partial charge in [-0.15, -0.1) is 21.5 Å². The molecule has 1 aliphatic rings. The number of thiophene rings is 1. The molecule has 0 aliphatic heterocycles. The van der Waals surface area contributed by atoms with E-state index >= 15 is 0 Å². The smallest absolute Gasteiger partial charge is 0.237 e. The number of thioether (sulfide) groups is 1. The van der Waals surface area contributed by atoms with Crippen LogP contribution in [0.4, 0.5) is 5.69 Å². The van der Waals surface area contributed by atoms with Crippen LogP contribution < -0.4 is 5.32 Å². The van der Waals surface area contributed by atoms with Crippen LogP contribution in [0.3, 0.4) is 0 Å². The number of carbonyl (C=O) groups is 3. The van der Waals surface area contributed by atoms with E-state index in [4.69, 9.17) is 0 Å². The minimum Gasteiger partial charge on any atom is -0.325 e. The van der Waals surface area contributed by atoms with Crippen molar-refractivity contribution >= 4 is 46.3 Å². The zero-order valence-electron chi connectivity index (χ0n) is 18.4. The van der Waals surface area contributed by atoms with Crippen molar-refractivity contribution in [1.82, 2.24) is 14.8 Å². The molecule has 0 saturated heterocycles. The van der Waals surface area contributed by atoms with Crippen molar-refractivity contribution in [2.24, 2.45) is 7.05 Å². The number of benzene rings is 2. The van der Waals surface area contributed by atoms with Crippen LogP contribution in [-0.4, -0.2) is 37.5 Å². The van der Waals surface area contributed by atoms with Crippen molar-refractivity contribution < 1.29 is 14.4 Å². The van der Waals surface area contributed by atoms with Crippen LogP contribution in [-0.2, 0) is 18.3 Å². The number of amides is 1. The van der Waals surface area contributed by atoms with Crippen molar-refractivity contribution in [3.05, 3.63) is 92.9 Å². The molecule has 0 radical (unpaired) electrons. The first-order valence-corrected chi connectivity index (χ1v) is 12.4. The van der Waals surface area contributed by atoms with E-state index in [0.29, 0.717) is 39.5 Å². The van der Waals surface area contributed by atoms with Gasteiger partial charge in [0.05, 0.1) is 5.25 Å². The maximum Gasteiger partial charge on any atom is 0.237 e. The highest BCUT2D eigenvalue weighted by molar-refractivity contribution is 8.00. The number of nitrogens with one attached hydrogen (secondary N) is 1. The van der Waals surface area contributed by atoms with E-state index in [1.807, 2.05) is 23.1 Å². The molecule has 34 heavy (non-hydrogen) atoms. The molecule has 1 N–H and O–H groups in total. The van der Waals surface area contributed by atoms with Crippen molar-refractivity contribution in [1.29, 1.82) is 0 Å². The molecular weight excluding hydrogens is 468 g/mol. The number of carbonyl (C=O) groups excluding carboxylic acids is 3. The van der Waals surface area contributed by atoms with E-state index in [1.165, 1.54) is 16.6 Å². The highest BCUT2D eigenvalue weighted by Gasteiger charge is 2.29. The molecule has 0 bridgehead atoms. The summed E-state index contributed by atoms with van der Waals surface area (Å²) in [5.74, 6) is 0.187. The largest absolute Gasteiger partial charge is 0.325 e. The van der Waals surface area contributed by atoms with Crippen LogP contribution in [0.15, 0.2) is 65.1 Å². The minimum absolute atomic E-state index is 0.187. The lowest BCUT2D eigenvalue weighted by Crippen LogP contribution is -2.24. The Labute approximate surface area is 204 Å². The number of aromatic nitrogens is 3. The van der Waals surface area contributed by atoms with Crippen molar-refractivity contribution in [3.8, 4) is 0 Å². The van der Waals surface area contributed by atoms with Gasteiger partial charge in [0.25, 0.3) is 0 Å². The first kappa shape index (κ1) is 22.2. The van der Waals surface area contributed by atoms with Crippen LogP contribution in [0.1, 0.15) is 49.5 Å². The Morgan fingerprint density at radius 3 is 2.41 bits per heavy atom. The number of hydrogen-bond acceptors (Lipinski definition) is 7. The summed E-state index contributed by atoms with van der Waals surface area (Å²) in [7, 11) is 1.89. The Hall–Kier alpha value is -3.56. The number of nitrogens with zero attached hydrogens (tertiary/aromatic N) is 3. The predicted molar refractivity (Wildman–Crippen MR) is 132 cm³/mol. The lowest BCUT2D eigenvalue weighted by molar-refractivity contribution is -0.115. The van der Waals surface area contributed by atoms with E-state index in [0.717, 1.165) is 5.82 Å². The number of fused-ring (bicyclic) bond motifs is 2. The van der Waals surface area contributed by atoms with Gasteiger partial charge in [0, 0.05) is 46.3 Å². The van der Waals surface area contributed by atoms with Crippen molar-refractivity contribution in [2.45, 2.75) is 23.8 Å². The Balaban J connectivity index is 1.29. The van der Waals surface area contributed by atoms with Crippen LogP contribution in [0.5, 0.6) is 0 Å². The fraction of sp³-hybridized carbons (Fsp3) is 0.160. The third-order valence-corrected chi connectivity index (χ3v) is 7.69. The van der Waals surface area contributed by atoms with Gasteiger partial charge in [-0.05, 0) is 36.6 Å². The van der Waals surface area contributed by atoms with Gasteiger partial charge in [-0.2, -0.15) is 0 Å². The van der Waals surface area contributed by atoms with Crippen LogP contribution in [0.2, 0.25) is 0 Å². The maximum absolute atomic E-state index is 12.9. The molecule has 2 aromatic carbocycles. The lowest BCUT2D eigenvalue weighted by atomic mass is 9.84. The second-order valence-corrected chi connectivity index (χ2v) is 10.3. The molecule has 2 aromatic heterocycles. The average Bonchev–Trinajstić information content (AvgIpc) is 3.48. The summed E-state index contributed by atoms with van der Waals surface area (Å²) in [5.41, 5.74) is 1.90. The molecular formula is C25H20N4O3S2. The summed E-state index contributed by atoms with van der Waals surface area (Å²) in [4.78, 5) is 39.8. The van der Waals surface area contributed by atoms with Gasteiger partial charge in [-0.1, -0.05) is 42.1 Å². The van der Waals surface area contributed by atoms with Crippen molar-refractivity contribution in [3.63, 3.8) is 0 Å². The van der Waals surface area contributed by atoms with E-state index < -0.39 is 5.25 Å². The van der Waals surface area contributed by atoms with E-state index in [9.17, 15) is 14.4 Å². The summed E-state index contributed by atoms with van der Waals surface area (Å²) in [5, 5.41) is 13.6. The van der Waals surface area contributed by atoms with E-state index in [-0.39, 0.29) is 17.5 Å². The molecule has 0 unspecified atom stereocenters. The molecule has 4 aromatic rings. The fourth-order valence-electron chi connectivity index (χ4n) is 3.80. The van der Waals surface area contributed by atoms with Gasteiger partial charge < -0.3 is 9.88 Å². The SMILES string of the molecule is C[C@@H](Sc1nnc(Cc2cccs2)n1C)C(=O)Nc1ccc2c(c1)C(=O)c1ccccc1C2=O. The third-order valence-electron chi connectivity index (χ3n) is 5.68. The van der Waals surface area contributed by atoms with Crippen LogP contribution in [0.25, 0.3) is 0 Å². The normalized spacial score (nSPS) is 13.4. The van der Waals surface area contributed by atoms with E-state index in [2.05, 4.69) is 21.6 Å². The Bertz CT molecular complexity index is 1430. The molecule has 0 fully saturated rings. The van der Waals surface area contributed by atoms with Crippen LogP contribution >= 0.6 is 23.1 Å². The Morgan fingerprint density at radius 2 is 1.71 bits per heavy atom. The highest BCUT2D eigenvalue weighted by Crippen LogP contribution is 2.30. The Kier molecular flexibility index (Phi) is 5.89. The predicted octanol–water partition coefficient (Wildman–Crippen LogP) is 4.36. The Morgan fingerprint density at radius 1 is 1.00 bits per heavy atom. The number of anilines is 1. The molecule has 5 rings (SSSR count). The maximum atomic E-state index is 12.9. The minimum atomic E-state index is -0.452. The summed E-state index contributed by atoms with van der Waals surface area (Å²) < 4.78 is 1.90. The molecule has 0 saturated carbocycles. The number of hydrogen-bond donors (Lipinski definition) is 1. The zero-order valence-corrected chi connectivity index (χ0v) is 20.1. The van der Waals surface area contributed by atoms with Gasteiger partial charge in [0.2, 0.25) is 5.91 Å². The fourth-order valence-corrected chi connectivity index (χ4v) is 5.34. The van der Waals surface area contributed by atoms with Crippen LogP contribution in [0, 0.1) is 0 Å². The second kappa shape index (κ2) is 9.00. The summed E-state index contributed by atoms with van der Waals surface area (Å²) in [6.45, 7) is 1.79. The van der Waals surface area contributed by atoms with Gasteiger partial charge in [-0.3, -0.25) is 14.4 Å². The topological polar surface area (TPSA) is 93.9 Å². The molecule has 1 amide bonds. The monoisotopic (exact) mass is 488 g/mol. The quantitative estimate of drug-likeness (QED) is 0.357.